The van der Waals surface area contributed by atoms with Crippen LogP contribution in [-0.2, 0) is 0 Å². The monoisotopic (exact) mass is 270 g/mol. The summed E-state index contributed by atoms with van der Waals surface area (Å²) < 4.78 is 5.64. The van der Waals surface area contributed by atoms with Gasteiger partial charge < -0.3 is 4.42 Å². The minimum Gasteiger partial charge on any atom is -0.454 e. The van der Waals surface area contributed by atoms with Crippen LogP contribution in [0.25, 0.3) is 21.9 Å². The number of fused-ring (bicyclic) bond motifs is 3. The predicted molar refractivity (Wildman–Crippen MR) is 68.8 cm³/mol. The first-order chi connectivity index (χ1) is 7.68. The third-order valence-corrected chi connectivity index (χ3v) is 3.56. The number of hydrogen-bond donors (Lipinski definition) is 0. The lowest BCUT2D eigenvalue weighted by Gasteiger charge is -1.98. The summed E-state index contributed by atoms with van der Waals surface area (Å²) in [4.78, 5) is 0. The molecule has 4 heteroatoms. The van der Waals surface area contributed by atoms with Crippen LogP contribution in [0.15, 0.2) is 34.7 Å². The van der Waals surface area contributed by atoms with Crippen molar-refractivity contribution in [1.29, 1.82) is 0 Å². The van der Waals surface area contributed by atoms with Crippen molar-refractivity contribution in [2.75, 3.05) is 0 Å². The van der Waals surface area contributed by atoms with Crippen LogP contribution in [-0.4, -0.2) is 0 Å². The molecule has 0 saturated heterocycles. The third kappa shape index (κ3) is 1.32. The quantitative estimate of drug-likeness (QED) is 0.489. The van der Waals surface area contributed by atoms with Crippen LogP contribution in [0.5, 0.6) is 0 Å². The topological polar surface area (TPSA) is 13.1 Å². The van der Waals surface area contributed by atoms with E-state index >= 15 is 0 Å². The summed E-state index contributed by atoms with van der Waals surface area (Å²) in [6.45, 7) is 0. The van der Waals surface area contributed by atoms with Crippen molar-refractivity contribution >= 4 is 56.7 Å². The summed E-state index contributed by atoms with van der Waals surface area (Å²) in [6.07, 6.45) is 0. The highest BCUT2D eigenvalue weighted by Crippen LogP contribution is 2.41. The third-order valence-electron chi connectivity index (χ3n) is 2.50. The Bertz CT molecular complexity index is 700. The van der Waals surface area contributed by atoms with Crippen molar-refractivity contribution in [1.82, 2.24) is 0 Å². The maximum absolute atomic E-state index is 6.17. The van der Waals surface area contributed by atoms with Crippen molar-refractivity contribution in [3.05, 3.63) is 45.4 Å². The lowest BCUT2D eigenvalue weighted by molar-refractivity contribution is 0.669. The van der Waals surface area contributed by atoms with Crippen LogP contribution < -0.4 is 0 Å². The summed E-state index contributed by atoms with van der Waals surface area (Å²) in [5.41, 5.74) is 1.33. The highest BCUT2D eigenvalue weighted by Gasteiger charge is 2.15. The molecule has 0 atom stereocenters. The fourth-order valence-electron chi connectivity index (χ4n) is 1.79. The van der Waals surface area contributed by atoms with Gasteiger partial charge in [0.15, 0.2) is 5.58 Å². The number of benzene rings is 2. The van der Waals surface area contributed by atoms with Gasteiger partial charge >= 0.3 is 0 Å². The molecule has 0 amide bonds. The predicted octanol–water partition coefficient (Wildman–Crippen LogP) is 5.55. The Labute approximate surface area is 106 Å². The molecular weight excluding hydrogens is 266 g/mol. The first-order valence-electron chi connectivity index (χ1n) is 4.63. The molecule has 0 saturated carbocycles. The van der Waals surface area contributed by atoms with Gasteiger partial charge in [-0.2, -0.15) is 0 Å². The van der Waals surface area contributed by atoms with Gasteiger partial charge in [0.2, 0.25) is 0 Å². The maximum Gasteiger partial charge on any atom is 0.155 e. The van der Waals surface area contributed by atoms with E-state index in [9.17, 15) is 0 Å². The van der Waals surface area contributed by atoms with E-state index in [1.807, 2.05) is 24.3 Å². The molecule has 2 aromatic carbocycles. The second-order valence-electron chi connectivity index (χ2n) is 3.46. The molecule has 16 heavy (non-hydrogen) atoms. The Hall–Kier alpha value is -0.890. The fraction of sp³-hybridized carbons (Fsp3) is 0. The van der Waals surface area contributed by atoms with Crippen LogP contribution in [0.4, 0.5) is 0 Å². The second-order valence-corrected chi connectivity index (χ2v) is 4.65. The van der Waals surface area contributed by atoms with Gasteiger partial charge in [0.1, 0.15) is 5.58 Å². The van der Waals surface area contributed by atoms with E-state index in [0.29, 0.717) is 20.7 Å². The van der Waals surface area contributed by atoms with E-state index in [0.717, 1.165) is 16.4 Å². The Morgan fingerprint density at radius 2 is 1.69 bits per heavy atom. The van der Waals surface area contributed by atoms with E-state index in [4.69, 9.17) is 39.2 Å². The highest BCUT2D eigenvalue weighted by atomic mass is 35.5. The average Bonchev–Trinajstić information content (AvgIpc) is 2.66. The molecular formula is C12H5Cl3O. The minimum atomic E-state index is 0.436. The molecule has 1 nitrogen and oxygen atoms in total. The molecule has 3 aromatic rings. The van der Waals surface area contributed by atoms with E-state index in [1.54, 1.807) is 6.07 Å². The summed E-state index contributed by atoms with van der Waals surface area (Å²) >= 11 is 18.2. The van der Waals surface area contributed by atoms with Crippen LogP contribution in [0.3, 0.4) is 0 Å². The molecule has 0 N–H and O–H groups in total. The number of rotatable bonds is 0. The Morgan fingerprint density at radius 3 is 2.50 bits per heavy atom. The molecule has 0 fully saturated rings. The lowest BCUT2D eigenvalue weighted by Crippen LogP contribution is -1.73. The number of furan rings is 1. The minimum absolute atomic E-state index is 0.436. The average molecular weight is 272 g/mol. The van der Waals surface area contributed by atoms with E-state index < -0.39 is 0 Å². The van der Waals surface area contributed by atoms with Gasteiger partial charge in [-0.05, 0) is 12.1 Å². The van der Waals surface area contributed by atoms with Crippen molar-refractivity contribution in [3.63, 3.8) is 0 Å². The number of halogens is 3. The standard InChI is InChI=1S/C12H5Cl3O/c13-7-5-8(14)12-10(11(7)15)6-3-1-2-4-9(6)16-12/h1-5H. The van der Waals surface area contributed by atoms with Crippen LogP contribution >= 0.6 is 34.8 Å². The van der Waals surface area contributed by atoms with Gasteiger partial charge in [-0.25, -0.2) is 0 Å². The van der Waals surface area contributed by atoms with Crippen molar-refractivity contribution in [3.8, 4) is 0 Å². The SMILES string of the molecule is Clc1cc(Cl)c2oc3ccccc3c2c1Cl. The summed E-state index contributed by atoms with van der Waals surface area (Å²) in [5.74, 6) is 0. The van der Waals surface area contributed by atoms with Crippen molar-refractivity contribution < 1.29 is 4.42 Å². The first kappa shape index (κ1) is 10.3. The van der Waals surface area contributed by atoms with Gasteiger partial charge in [-0.15, -0.1) is 0 Å². The highest BCUT2D eigenvalue weighted by molar-refractivity contribution is 6.49. The van der Waals surface area contributed by atoms with Gasteiger partial charge in [0, 0.05) is 10.8 Å². The zero-order valence-electron chi connectivity index (χ0n) is 7.93. The van der Waals surface area contributed by atoms with Gasteiger partial charge in [0.05, 0.1) is 15.1 Å². The van der Waals surface area contributed by atoms with Crippen LogP contribution in [0.1, 0.15) is 0 Å². The molecule has 0 spiro atoms. The summed E-state index contributed by atoms with van der Waals surface area (Å²) in [5, 5.41) is 3.08. The van der Waals surface area contributed by atoms with E-state index in [1.165, 1.54) is 0 Å². The molecule has 0 aliphatic rings. The molecule has 0 aliphatic carbocycles. The number of hydrogen-bond acceptors (Lipinski definition) is 1. The maximum atomic E-state index is 6.17. The zero-order chi connectivity index (χ0) is 11.3. The molecule has 0 aliphatic heterocycles. The van der Waals surface area contributed by atoms with Gasteiger partial charge in [-0.1, -0.05) is 53.0 Å². The van der Waals surface area contributed by atoms with Crippen LogP contribution in [0.2, 0.25) is 15.1 Å². The molecule has 1 aromatic heterocycles. The van der Waals surface area contributed by atoms with Crippen LogP contribution in [0, 0.1) is 0 Å². The Morgan fingerprint density at radius 1 is 0.938 bits per heavy atom. The second kappa shape index (κ2) is 3.56. The smallest absolute Gasteiger partial charge is 0.155 e. The summed E-state index contributed by atoms with van der Waals surface area (Å²) in [6, 6.07) is 9.21. The first-order valence-corrected chi connectivity index (χ1v) is 5.76. The fourth-order valence-corrected chi connectivity index (χ4v) is 2.53. The van der Waals surface area contributed by atoms with Gasteiger partial charge in [0.25, 0.3) is 0 Å². The van der Waals surface area contributed by atoms with E-state index in [2.05, 4.69) is 0 Å². The largest absolute Gasteiger partial charge is 0.454 e. The molecule has 0 bridgehead atoms. The molecule has 0 radical (unpaired) electrons. The molecule has 0 unspecified atom stereocenters. The number of para-hydroxylation sites is 1. The molecule has 3 rings (SSSR count). The van der Waals surface area contributed by atoms with Gasteiger partial charge in [-0.3, -0.25) is 0 Å². The van der Waals surface area contributed by atoms with E-state index in [-0.39, 0.29) is 0 Å². The van der Waals surface area contributed by atoms with Crippen molar-refractivity contribution in [2.45, 2.75) is 0 Å². The zero-order valence-corrected chi connectivity index (χ0v) is 10.2. The molecule has 1 heterocycles. The Balaban J connectivity index is 2.66. The summed E-state index contributed by atoms with van der Waals surface area (Å²) in [7, 11) is 0. The molecule has 80 valence electrons. The lowest BCUT2D eigenvalue weighted by atomic mass is 10.1. The van der Waals surface area contributed by atoms with Crippen molar-refractivity contribution in [2.24, 2.45) is 0 Å². The normalized spacial score (nSPS) is 11.4. The Kier molecular flexibility index (Phi) is 2.28.